The van der Waals surface area contributed by atoms with Crippen molar-refractivity contribution in [2.75, 3.05) is 11.9 Å². The van der Waals surface area contributed by atoms with E-state index in [-0.39, 0.29) is 6.04 Å². The van der Waals surface area contributed by atoms with Crippen LogP contribution in [0.5, 0.6) is 0 Å². The van der Waals surface area contributed by atoms with Crippen molar-refractivity contribution < 1.29 is 5.11 Å². The molecule has 0 spiro atoms. The van der Waals surface area contributed by atoms with E-state index in [0.29, 0.717) is 6.54 Å². The molecule has 2 aromatic heterocycles. The lowest BCUT2D eigenvalue weighted by Crippen LogP contribution is -2.38. The number of nitrogens with zero attached hydrogens (tertiary/aromatic N) is 2. The summed E-state index contributed by atoms with van der Waals surface area (Å²) >= 11 is 1.58. The summed E-state index contributed by atoms with van der Waals surface area (Å²) in [6.07, 6.45) is 0.985. The molecule has 4 N–H and O–H groups in total. The monoisotopic (exact) mass is 238 g/mol. The van der Waals surface area contributed by atoms with Gasteiger partial charge in [-0.1, -0.05) is 0 Å². The number of rotatable bonds is 4. The molecule has 0 saturated heterocycles. The SMILES string of the molecule is CC(O)C(N)CNc1ncnc2ccsc12. The van der Waals surface area contributed by atoms with E-state index in [2.05, 4.69) is 15.3 Å². The Hall–Kier alpha value is -1.24. The molecule has 5 nitrogen and oxygen atoms in total. The van der Waals surface area contributed by atoms with Crippen LogP contribution in [0.15, 0.2) is 17.8 Å². The average Bonchev–Trinajstić information content (AvgIpc) is 2.73. The number of fused-ring (bicyclic) bond motifs is 1. The minimum atomic E-state index is -0.534. The van der Waals surface area contributed by atoms with Gasteiger partial charge in [0, 0.05) is 12.6 Å². The van der Waals surface area contributed by atoms with Gasteiger partial charge < -0.3 is 16.2 Å². The maximum Gasteiger partial charge on any atom is 0.147 e. The third kappa shape index (κ3) is 2.29. The number of anilines is 1. The predicted octanol–water partition coefficient (Wildman–Crippen LogP) is 0.811. The second-order valence-electron chi connectivity index (χ2n) is 3.64. The van der Waals surface area contributed by atoms with E-state index in [1.807, 2.05) is 11.4 Å². The lowest BCUT2D eigenvalue weighted by Gasteiger charge is -2.15. The molecular formula is C10H14N4OS. The van der Waals surface area contributed by atoms with Crippen LogP contribution in [-0.2, 0) is 0 Å². The zero-order valence-electron chi connectivity index (χ0n) is 8.92. The van der Waals surface area contributed by atoms with Gasteiger partial charge in [0.05, 0.1) is 16.3 Å². The zero-order chi connectivity index (χ0) is 11.5. The lowest BCUT2D eigenvalue weighted by atomic mass is 10.2. The van der Waals surface area contributed by atoms with Crippen LogP contribution >= 0.6 is 11.3 Å². The van der Waals surface area contributed by atoms with Crippen molar-refractivity contribution in [3.8, 4) is 0 Å². The first-order valence-corrected chi connectivity index (χ1v) is 5.92. The Morgan fingerprint density at radius 3 is 3.12 bits per heavy atom. The quantitative estimate of drug-likeness (QED) is 0.734. The molecule has 2 atom stereocenters. The summed E-state index contributed by atoms with van der Waals surface area (Å²) in [7, 11) is 0. The van der Waals surface area contributed by atoms with E-state index in [1.165, 1.54) is 6.33 Å². The molecule has 2 unspecified atom stereocenters. The van der Waals surface area contributed by atoms with E-state index in [4.69, 9.17) is 5.73 Å². The Balaban J connectivity index is 2.12. The number of nitrogens with two attached hydrogens (primary N) is 1. The number of aromatic nitrogens is 2. The molecule has 0 aromatic carbocycles. The van der Waals surface area contributed by atoms with Gasteiger partial charge in [0.25, 0.3) is 0 Å². The van der Waals surface area contributed by atoms with Crippen LogP contribution in [0, 0.1) is 0 Å². The van der Waals surface area contributed by atoms with E-state index >= 15 is 0 Å². The minimum absolute atomic E-state index is 0.301. The summed E-state index contributed by atoms with van der Waals surface area (Å²) in [4.78, 5) is 8.30. The number of hydrogen-bond donors (Lipinski definition) is 3. The van der Waals surface area contributed by atoms with Crippen molar-refractivity contribution in [3.05, 3.63) is 17.8 Å². The molecule has 6 heteroatoms. The van der Waals surface area contributed by atoms with Gasteiger partial charge in [-0.3, -0.25) is 0 Å². The van der Waals surface area contributed by atoms with E-state index in [9.17, 15) is 5.11 Å². The summed E-state index contributed by atoms with van der Waals surface area (Å²) in [5.41, 5.74) is 6.66. The van der Waals surface area contributed by atoms with Crippen LogP contribution < -0.4 is 11.1 Å². The molecule has 0 aliphatic rings. The van der Waals surface area contributed by atoms with Crippen molar-refractivity contribution in [1.82, 2.24) is 9.97 Å². The summed E-state index contributed by atoms with van der Waals surface area (Å²) in [6.45, 7) is 2.16. The van der Waals surface area contributed by atoms with Gasteiger partial charge in [0.2, 0.25) is 0 Å². The largest absolute Gasteiger partial charge is 0.392 e. The van der Waals surface area contributed by atoms with Gasteiger partial charge in [-0.2, -0.15) is 0 Å². The van der Waals surface area contributed by atoms with Crippen LogP contribution in [0.2, 0.25) is 0 Å². The molecule has 0 aliphatic carbocycles. The molecule has 0 bridgehead atoms. The van der Waals surface area contributed by atoms with Gasteiger partial charge in [-0.05, 0) is 18.4 Å². The van der Waals surface area contributed by atoms with E-state index in [0.717, 1.165) is 16.0 Å². The first-order valence-electron chi connectivity index (χ1n) is 5.04. The van der Waals surface area contributed by atoms with Crippen LogP contribution in [0.3, 0.4) is 0 Å². The van der Waals surface area contributed by atoms with Crippen molar-refractivity contribution in [2.24, 2.45) is 5.73 Å². The van der Waals surface area contributed by atoms with Gasteiger partial charge in [-0.15, -0.1) is 11.3 Å². The first kappa shape index (κ1) is 11.3. The minimum Gasteiger partial charge on any atom is -0.392 e. The molecule has 2 aromatic rings. The highest BCUT2D eigenvalue weighted by Gasteiger charge is 2.10. The average molecular weight is 238 g/mol. The smallest absolute Gasteiger partial charge is 0.147 e. The molecule has 0 amide bonds. The van der Waals surface area contributed by atoms with Gasteiger partial charge >= 0.3 is 0 Å². The first-order chi connectivity index (χ1) is 7.68. The number of hydrogen-bond acceptors (Lipinski definition) is 6. The van der Waals surface area contributed by atoms with Crippen molar-refractivity contribution in [1.29, 1.82) is 0 Å². The Morgan fingerprint density at radius 2 is 2.38 bits per heavy atom. The zero-order valence-corrected chi connectivity index (χ0v) is 9.74. The highest BCUT2D eigenvalue weighted by molar-refractivity contribution is 7.17. The molecule has 86 valence electrons. The molecule has 16 heavy (non-hydrogen) atoms. The van der Waals surface area contributed by atoms with Crippen LogP contribution in [0.1, 0.15) is 6.92 Å². The topological polar surface area (TPSA) is 84.1 Å². The summed E-state index contributed by atoms with van der Waals surface area (Å²) < 4.78 is 1.01. The van der Waals surface area contributed by atoms with Crippen LogP contribution in [0.4, 0.5) is 5.82 Å². The fraction of sp³-hybridized carbons (Fsp3) is 0.400. The molecule has 0 fully saturated rings. The van der Waals surface area contributed by atoms with Crippen molar-refractivity contribution in [2.45, 2.75) is 19.1 Å². The van der Waals surface area contributed by atoms with Crippen molar-refractivity contribution >= 4 is 27.4 Å². The number of thiophene rings is 1. The highest BCUT2D eigenvalue weighted by atomic mass is 32.1. The number of aliphatic hydroxyl groups is 1. The molecule has 0 aliphatic heterocycles. The van der Waals surface area contributed by atoms with Gasteiger partial charge in [0.15, 0.2) is 0 Å². The van der Waals surface area contributed by atoms with Crippen molar-refractivity contribution in [3.63, 3.8) is 0 Å². The Morgan fingerprint density at radius 1 is 1.56 bits per heavy atom. The van der Waals surface area contributed by atoms with E-state index < -0.39 is 6.10 Å². The molecule has 2 heterocycles. The number of aliphatic hydroxyl groups excluding tert-OH is 1. The number of nitrogens with one attached hydrogen (secondary N) is 1. The maximum absolute atomic E-state index is 9.28. The normalized spacial score (nSPS) is 14.9. The molecule has 0 saturated carbocycles. The summed E-state index contributed by atoms with van der Waals surface area (Å²) in [5.74, 6) is 0.774. The predicted molar refractivity (Wildman–Crippen MR) is 65.6 cm³/mol. The standard InChI is InChI=1S/C10H14N4OS/c1-6(15)7(11)4-12-10-9-8(2-3-16-9)13-5-14-10/h2-3,5-7,15H,4,11H2,1H3,(H,12,13,14). The molecule has 2 rings (SSSR count). The van der Waals surface area contributed by atoms with Crippen LogP contribution in [-0.4, -0.2) is 33.8 Å². The Kier molecular flexibility index (Phi) is 3.33. The fourth-order valence-corrected chi connectivity index (χ4v) is 2.11. The van der Waals surface area contributed by atoms with Gasteiger partial charge in [0.1, 0.15) is 12.1 Å². The molecular weight excluding hydrogens is 224 g/mol. The van der Waals surface area contributed by atoms with E-state index in [1.54, 1.807) is 18.3 Å². The fourth-order valence-electron chi connectivity index (χ4n) is 1.30. The Labute approximate surface area is 97.3 Å². The highest BCUT2D eigenvalue weighted by Crippen LogP contribution is 2.24. The summed E-state index contributed by atoms with van der Waals surface area (Å²) in [6, 6.07) is 1.64. The van der Waals surface area contributed by atoms with Crippen LogP contribution in [0.25, 0.3) is 10.2 Å². The maximum atomic E-state index is 9.28. The van der Waals surface area contributed by atoms with Gasteiger partial charge in [-0.25, -0.2) is 9.97 Å². The second kappa shape index (κ2) is 4.73. The second-order valence-corrected chi connectivity index (χ2v) is 4.56. The Bertz CT molecular complexity index is 471. The summed E-state index contributed by atoms with van der Waals surface area (Å²) in [5, 5.41) is 14.4. The third-order valence-corrected chi connectivity index (χ3v) is 3.28. The third-order valence-electron chi connectivity index (χ3n) is 2.37. The lowest BCUT2D eigenvalue weighted by molar-refractivity contribution is 0.168. The molecule has 0 radical (unpaired) electrons.